The predicted molar refractivity (Wildman–Crippen MR) is 98.4 cm³/mol. The molecular formula is C20H18N2O4. The molecule has 0 atom stereocenters. The Kier molecular flexibility index (Phi) is 5.12. The first-order valence-electron chi connectivity index (χ1n) is 8.04. The lowest BCUT2D eigenvalue weighted by Crippen LogP contribution is -2.20. The normalized spacial score (nSPS) is 10.4. The minimum Gasteiger partial charge on any atom is -0.483 e. The molecule has 3 aromatic rings. The number of hydrogen-bond acceptors (Lipinski definition) is 5. The smallest absolute Gasteiger partial charge is 0.356 e. The third kappa shape index (κ3) is 3.97. The van der Waals surface area contributed by atoms with Crippen LogP contribution in [0.3, 0.4) is 0 Å². The van der Waals surface area contributed by atoms with Crippen LogP contribution in [0, 0.1) is 6.92 Å². The number of ether oxygens (including phenoxy) is 2. The lowest BCUT2D eigenvalue weighted by molar-refractivity contribution is -0.118. The van der Waals surface area contributed by atoms with Gasteiger partial charge in [0.25, 0.3) is 5.91 Å². The standard InChI is InChI=1S/C20H18N2O4/c1-13-8-9-16-15(10-13)18(11-17(22-16)20(24)25-2)26-12-19(23)21-14-6-4-3-5-7-14/h3-11H,12H2,1-2H3,(H,21,23). The summed E-state index contributed by atoms with van der Waals surface area (Å²) in [5.74, 6) is -0.457. The summed E-state index contributed by atoms with van der Waals surface area (Å²) in [6.45, 7) is 1.75. The molecule has 6 nitrogen and oxygen atoms in total. The molecular weight excluding hydrogens is 332 g/mol. The van der Waals surface area contributed by atoms with E-state index in [1.807, 2.05) is 37.3 Å². The van der Waals surface area contributed by atoms with Gasteiger partial charge in [-0.2, -0.15) is 0 Å². The van der Waals surface area contributed by atoms with Gasteiger partial charge in [-0.15, -0.1) is 0 Å². The molecule has 1 aromatic heterocycles. The minimum absolute atomic E-state index is 0.127. The largest absolute Gasteiger partial charge is 0.483 e. The van der Waals surface area contributed by atoms with E-state index in [1.165, 1.54) is 13.2 Å². The number of aryl methyl sites for hydroxylation is 1. The predicted octanol–water partition coefficient (Wildman–Crippen LogP) is 3.35. The highest BCUT2D eigenvalue weighted by Crippen LogP contribution is 2.27. The summed E-state index contributed by atoms with van der Waals surface area (Å²) in [6, 6.07) is 16.2. The highest BCUT2D eigenvalue weighted by molar-refractivity contribution is 5.95. The van der Waals surface area contributed by atoms with Crippen molar-refractivity contribution >= 4 is 28.5 Å². The highest BCUT2D eigenvalue weighted by atomic mass is 16.5. The van der Waals surface area contributed by atoms with Crippen LogP contribution in [0.5, 0.6) is 5.75 Å². The molecule has 1 N–H and O–H groups in total. The van der Waals surface area contributed by atoms with Gasteiger partial charge in [0.2, 0.25) is 0 Å². The third-order valence-electron chi connectivity index (χ3n) is 3.74. The summed E-state index contributed by atoms with van der Waals surface area (Å²) in [5, 5.41) is 3.48. The highest BCUT2D eigenvalue weighted by Gasteiger charge is 2.14. The number of pyridine rings is 1. The molecule has 0 unspecified atom stereocenters. The van der Waals surface area contributed by atoms with Gasteiger partial charge in [0.1, 0.15) is 5.75 Å². The Morgan fingerprint density at radius 3 is 2.58 bits per heavy atom. The van der Waals surface area contributed by atoms with Gasteiger partial charge in [-0.1, -0.05) is 29.8 Å². The van der Waals surface area contributed by atoms with Crippen molar-refractivity contribution in [3.63, 3.8) is 0 Å². The fraction of sp³-hybridized carbons (Fsp3) is 0.150. The maximum Gasteiger partial charge on any atom is 0.356 e. The third-order valence-corrected chi connectivity index (χ3v) is 3.74. The Balaban J connectivity index is 1.84. The molecule has 0 saturated heterocycles. The fourth-order valence-electron chi connectivity index (χ4n) is 2.50. The van der Waals surface area contributed by atoms with E-state index < -0.39 is 5.97 Å². The second-order valence-corrected chi connectivity index (χ2v) is 5.72. The zero-order valence-corrected chi connectivity index (χ0v) is 14.5. The Hall–Kier alpha value is -3.41. The van der Waals surface area contributed by atoms with Crippen LogP contribution >= 0.6 is 0 Å². The van der Waals surface area contributed by atoms with Crippen LogP contribution in [-0.2, 0) is 9.53 Å². The average Bonchev–Trinajstić information content (AvgIpc) is 2.66. The number of para-hydroxylation sites is 1. The van der Waals surface area contributed by atoms with Crippen LogP contribution in [0.15, 0.2) is 54.6 Å². The number of carbonyl (C=O) groups is 2. The van der Waals surface area contributed by atoms with Crippen molar-refractivity contribution in [2.24, 2.45) is 0 Å². The van der Waals surface area contributed by atoms with Crippen LogP contribution in [0.25, 0.3) is 10.9 Å². The second-order valence-electron chi connectivity index (χ2n) is 5.72. The summed E-state index contributed by atoms with van der Waals surface area (Å²) >= 11 is 0. The van der Waals surface area contributed by atoms with E-state index in [0.29, 0.717) is 17.0 Å². The van der Waals surface area contributed by atoms with Gasteiger partial charge in [0.05, 0.1) is 12.6 Å². The van der Waals surface area contributed by atoms with Crippen LogP contribution in [0.4, 0.5) is 5.69 Å². The number of esters is 1. The first kappa shape index (κ1) is 17.4. The number of fused-ring (bicyclic) bond motifs is 1. The van der Waals surface area contributed by atoms with Crippen LogP contribution in [0.2, 0.25) is 0 Å². The number of aromatic nitrogens is 1. The Morgan fingerprint density at radius 1 is 1.08 bits per heavy atom. The molecule has 6 heteroatoms. The van der Waals surface area contributed by atoms with Gasteiger partial charge in [-0.05, 0) is 31.2 Å². The summed E-state index contributed by atoms with van der Waals surface area (Å²) in [7, 11) is 1.29. The molecule has 0 radical (unpaired) electrons. The number of nitrogens with one attached hydrogen (secondary N) is 1. The van der Waals surface area contributed by atoms with Gasteiger partial charge in [0.15, 0.2) is 12.3 Å². The van der Waals surface area contributed by atoms with Crippen molar-refractivity contribution in [1.82, 2.24) is 4.98 Å². The maximum atomic E-state index is 12.1. The van der Waals surface area contributed by atoms with Gasteiger partial charge in [-0.3, -0.25) is 4.79 Å². The van der Waals surface area contributed by atoms with E-state index in [2.05, 4.69) is 10.3 Å². The van der Waals surface area contributed by atoms with E-state index in [0.717, 1.165) is 10.9 Å². The molecule has 0 aliphatic heterocycles. The summed E-state index contributed by atoms with van der Waals surface area (Å²) < 4.78 is 10.4. The fourth-order valence-corrected chi connectivity index (χ4v) is 2.50. The number of carbonyl (C=O) groups excluding carboxylic acids is 2. The molecule has 132 valence electrons. The summed E-state index contributed by atoms with van der Waals surface area (Å²) in [6.07, 6.45) is 0. The Bertz CT molecular complexity index is 955. The van der Waals surface area contributed by atoms with Gasteiger partial charge < -0.3 is 14.8 Å². The monoisotopic (exact) mass is 350 g/mol. The number of rotatable bonds is 5. The molecule has 1 amide bonds. The number of hydrogen-bond donors (Lipinski definition) is 1. The first-order valence-corrected chi connectivity index (χ1v) is 8.04. The van der Waals surface area contributed by atoms with E-state index in [-0.39, 0.29) is 18.2 Å². The first-order chi connectivity index (χ1) is 12.6. The van der Waals surface area contributed by atoms with Crippen LogP contribution < -0.4 is 10.1 Å². The van der Waals surface area contributed by atoms with Gasteiger partial charge in [-0.25, -0.2) is 9.78 Å². The van der Waals surface area contributed by atoms with Crippen LogP contribution in [0.1, 0.15) is 16.1 Å². The maximum absolute atomic E-state index is 12.1. The van der Waals surface area contributed by atoms with Crippen molar-refractivity contribution in [2.75, 3.05) is 19.0 Å². The molecule has 2 aromatic carbocycles. The minimum atomic E-state index is -0.564. The van der Waals surface area contributed by atoms with Crippen LogP contribution in [-0.4, -0.2) is 30.6 Å². The van der Waals surface area contributed by atoms with Crippen molar-refractivity contribution in [1.29, 1.82) is 0 Å². The molecule has 0 aliphatic rings. The average molecular weight is 350 g/mol. The number of benzene rings is 2. The molecule has 0 spiro atoms. The lowest BCUT2D eigenvalue weighted by atomic mass is 10.1. The molecule has 1 heterocycles. The van der Waals surface area contributed by atoms with Crippen molar-refractivity contribution < 1.29 is 19.1 Å². The zero-order chi connectivity index (χ0) is 18.5. The van der Waals surface area contributed by atoms with E-state index in [9.17, 15) is 9.59 Å². The quantitative estimate of drug-likeness (QED) is 0.714. The topological polar surface area (TPSA) is 77.5 Å². The van der Waals surface area contributed by atoms with Crippen molar-refractivity contribution in [2.45, 2.75) is 6.92 Å². The van der Waals surface area contributed by atoms with Gasteiger partial charge in [0, 0.05) is 17.1 Å². The SMILES string of the molecule is COC(=O)c1cc(OCC(=O)Nc2ccccc2)c2cc(C)ccc2n1. The number of anilines is 1. The van der Waals surface area contributed by atoms with Crippen molar-refractivity contribution in [3.8, 4) is 5.75 Å². The molecule has 0 bridgehead atoms. The molecule has 3 rings (SSSR count). The molecule has 0 aliphatic carbocycles. The molecule has 0 fully saturated rings. The van der Waals surface area contributed by atoms with Gasteiger partial charge >= 0.3 is 5.97 Å². The second kappa shape index (κ2) is 7.65. The van der Waals surface area contributed by atoms with E-state index in [4.69, 9.17) is 9.47 Å². The number of nitrogens with zero attached hydrogens (tertiary/aromatic N) is 1. The van der Waals surface area contributed by atoms with Crippen molar-refractivity contribution in [3.05, 3.63) is 65.9 Å². The number of methoxy groups -OCH3 is 1. The Labute approximate surface area is 150 Å². The summed E-state index contributed by atoms with van der Waals surface area (Å²) in [5.41, 5.74) is 2.43. The lowest BCUT2D eigenvalue weighted by Gasteiger charge is -2.11. The number of amides is 1. The van der Waals surface area contributed by atoms with E-state index in [1.54, 1.807) is 18.2 Å². The Morgan fingerprint density at radius 2 is 1.85 bits per heavy atom. The molecule has 0 saturated carbocycles. The summed E-state index contributed by atoms with van der Waals surface area (Å²) in [4.78, 5) is 28.2. The van der Waals surface area contributed by atoms with E-state index >= 15 is 0 Å². The molecule has 26 heavy (non-hydrogen) atoms. The zero-order valence-electron chi connectivity index (χ0n) is 14.5.